The first-order valence-electron chi connectivity index (χ1n) is 17.7. The summed E-state index contributed by atoms with van der Waals surface area (Å²) < 4.78 is 0. The van der Waals surface area contributed by atoms with Gasteiger partial charge in [0.05, 0.1) is 10.8 Å². The number of benzene rings is 1. The Morgan fingerprint density at radius 1 is 0.755 bits per heavy atom. The zero-order valence-electron chi connectivity index (χ0n) is 31.5. The minimum Gasteiger partial charge on any atom is -0.504 e. The summed E-state index contributed by atoms with van der Waals surface area (Å²) >= 11 is 0. The van der Waals surface area contributed by atoms with E-state index >= 15 is 9.59 Å². The highest BCUT2D eigenvalue weighted by Gasteiger charge is 2.75. The van der Waals surface area contributed by atoms with Gasteiger partial charge in [-0.3, -0.25) is 19.2 Å². The van der Waals surface area contributed by atoms with Gasteiger partial charge in [-0.05, 0) is 143 Å². The normalized spacial score (nSPS) is 26.6. The number of carbonyl (C=O) groups excluding carboxylic acids is 4. The fourth-order valence-corrected chi connectivity index (χ4v) is 7.98. The Kier molecular flexibility index (Phi) is 12.8. The van der Waals surface area contributed by atoms with E-state index in [9.17, 15) is 19.8 Å². The largest absolute Gasteiger partial charge is 0.504 e. The Bertz CT molecular complexity index is 1620. The van der Waals surface area contributed by atoms with Crippen LogP contribution in [0.5, 0.6) is 11.5 Å². The summed E-state index contributed by atoms with van der Waals surface area (Å²) in [4.78, 5) is 60.1. The van der Waals surface area contributed by atoms with Gasteiger partial charge in [0.2, 0.25) is 0 Å². The summed E-state index contributed by atoms with van der Waals surface area (Å²) in [5.41, 5.74) is 1.34. The van der Waals surface area contributed by atoms with E-state index in [0.717, 1.165) is 41.2 Å². The molecule has 1 aromatic carbocycles. The number of rotatable bonds is 14. The highest BCUT2D eigenvalue weighted by molar-refractivity contribution is 6.38. The summed E-state index contributed by atoms with van der Waals surface area (Å²) in [7, 11) is 0. The Morgan fingerprint density at radius 2 is 1.35 bits per heavy atom. The van der Waals surface area contributed by atoms with Crippen molar-refractivity contribution in [2.75, 3.05) is 0 Å². The first-order valence-corrected chi connectivity index (χ1v) is 17.7. The quantitative estimate of drug-likeness (QED) is 0.0883. The highest BCUT2D eigenvalue weighted by Crippen LogP contribution is 2.67. The zero-order chi connectivity index (χ0) is 36.9. The molecule has 2 aliphatic carbocycles. The van der Waals surface area contributed by atoms with Crippen molar-refractivity contribution < 1.29 is 29.4 Å². The Labute approximate surface area is 294 Å². The van der Waals surface area contributed by atoms with E-state index in [1.54, 1.807) is 0 Å². The van der Waals surface area contributed by atoms with Crippen LogP contribution in [-0.4, -0.2) is 33.3 Å². The van der Waals surface area contributed by atoms with Gasteiger partial charge in [-0.1, -0.05) is 65.2 Å². The van der Waals surface area contributed by atoms with Crippen LogP contribution in [0.25, 0.3) is 0 Å². The molecule has 0 spiro atoms. The lowest BCUT2D eigenvalue weighted by molar-refractivity contribution is -0.185. The molecule has 49 heavy (non-hydrogen) atoms. The highest BCUT2D eigenvalue weighted by atomic mass is 16.3. The number of ketones is 4. The number of hydrogen-bond acceptors (Lipinski definition) is 6. The second-order valence-electron chi connectivity index (χ2n) is 15.8. The van der Waals surface area contributed by atoms with Crippen molar-refractivity contribution in [2.45, 2.75) is 121 Å². The Balaban J connectivity index is 2.40. The van der Waals surface area contributed by atoms with E-state index in [-0.39, 0.29) is 36.5 Å². The van der Waals surface area contributed by atoms with Crippen LogP contribution in [-0.2, 0) is 14.4 Å². The van der Waals surface area contributed by atoms with Crippen molar-refractivity contribution in [1.29, 1.82) is 0 Å². The molecule has 2 N–H and O–H groups in total. The molecule has 3 rings (SSSR count). The lowest BCUT2D eigenvalue weighted by Crippen LogP contribution is -2.72. The standard InChI is InChI=1S/C43H58O6/c1-27(2)13-11-15-31(9)21-23-42-26-33(18-16-29(5)6)41(10,22-12-14-28(3)4)43(40(42)49,24-20-30(7)8)39(48)36(38(42)47)37(46)32-17-19-34(44)35(45)25-32/h13-14,16-17,19-21,25,33,36,44-45H,11-12,15,18,22-24,26H2,1-10H3/b31-21+/t33-,36?,41+,42+,43-/m1/s1. The number of phenolic OH excluding ortho intramolecular Hbond substituents is 2. The minimum atomic E-state index is -1.71. The Hall–Kier alpha value is -3.80. The summed E-state index contributed by atoms with van der Waals surface area (Å²) in [6.45, 7) is 20.1. The summed E-state index contributed by atoms with van der Waals surface area (Å²) in [6.07, 6.45) is 14.2. The van der Waals surface area contributed by atoms with E-state index in [2.05, 4.69) is 32.1 Å². The van der Waals surface area contributed by atoms with Crippen molar-refractivity contribution in [3.05, 3.63) is 82.0 Å². The van der Waals surface area contributed by atoms with Gasteiger partial charge in [0, 0.05) is 5.56 Å². The van der Waals surface area contributed by atoms with Gasteiger partial charge in [0.25, 0.3) is 0 Å². The van der Waals surface area contributed by atoms with Crippen LogP contribution in [0, 0.1) is 28.1 Å². The summed E-state index contributed by atoms with van der Waals surface area (Å²) in [6, 6.07) is 3.59. The number of allylic oxidation sites excluding steroid dienone is 10. The van der Waals surface area contributed by atoms with Crippen LogP contribution in [0.2, 0.25) is 0 Å². The molecule has 0 saturated heterocycles. The van der Waals surface area contributed by atoms with Gasteiger partial charge < -0.3 is 10.2 Å². The average Bonchev–Trinajstić information content (AvgIpc) is 3.00. The molecule has 0 aliphatic heterocycles. The summed E-state index contributed by atoms with van der Waals surface area (Å²) in [5, 5.41) is 20.3. The average molecular weight is 671 g/mol. The minimum absolute atomic E-state index is 0.0530. The molecular formula is C43H58O6. The van der Waals surface area contributed by atoms with Crippen LogP contribution in [0.4, 0.5) is 0 Å². The van der Waals surface area contributed by atoms with Crippen LogP contribution in [0.3, 0.4) is 0 Å². The van der Waals surface area contributed by atoms with Gasteiger partial charge >= 0.3 is 0 Å². The second kappa shape index (κ2) is 15.8. The lowest BCUT2D eigenvalue weighted by atomic mass is 9.36. The number of aromatic hydroxyl groups is 2. The fraction of sp³-hybridized carbons (Fsp3) is 0.535. The second-order valence-corrected chi connectivity index (χ2v) is 15.8. The third kappa shape index (κ3) is 8.00. The molecule has 0 radical (unpaired) electrons. The molecule has 2 bridgehead atoms. The maximum atomic E-state index is 15.5. The molecule has 1 unspecified atom stereocenters. The molecular weight excluding hydrogens is 612 g/mol. The van der Waals surface area contributed by atoms with Crippen LogP contribution >= 0.6 is 0 Å². The first kappa shape index (κ1) is 39.6. The van der Waals surface area contributed by atoms with Gasteiger partial charge in [-0.15, -0.1) is 0 Å². The lowest BCUT2D eigenvalue weighted by Gasteiger charge is -2.62. The molecule has 266 valence electrons. The maximum absolute atomic E-state index is 15.5. The van der Waals surface area contributed by atoms with Crippen molar-refractivity contribution >= 4 is 23.1 Å². The molecule has 0 aromatic heterocycles. The molecule has 5 atom stereocenters. The SMILES string of the molecule is CC(C)=CCC/C(C)=C/C[C@]12C[C@@H](CC=C(C)C)[C@](C)(CCC=C(C)C)[C@](CC=C(C)C)(C(=O)C(C(=O)c3ccc(O)c(O)c3)C1=O)C2=O. The van der Waals surface area contributed by atoms with Gasteiger partial charge in [0.15, 0.2) is 34.6 Å². The van der Waals surface area contributed by atoms with E-state index in [0.29, 0.717) is 19.3 Å². The summed E-state index contributed by atoms with van der Waals surface area (Å²) in [5.74, 6) is -5.21. The number of hydrogen-bond donors (Lipinski definition) is 2. The van der Waals surface area contributed by atoms with E-state index < -0.39 is 51.0 Å². The van der Waals surface area contributed by atoms with E-state index in [1.807, 2.05) is 67.5 Å². The molecule has 2 saturated carbocycles. The van der Waals surface area contributed by atoms with Crippen molar-refractivity contribution in [3.63, 3.8) is 0 Å². The van der Waals surface area contributed by atoms with Crippen LogP contribution < -0.4 is 0 Å². The first-order chi connectivity index (χ1) is 22.8. The van der Waals surface area contributed by atoms with Crippen molar-refractivity contribution in [1.82, 2.24) is 0 Å². The molecule has 0 amide bonds. The van der Waals surface area contributed by atoms with E-state index in [1.165, 1.54) is 17.7 Å². The molecule has 1 aromatic rings. The molecule has 6 nitrogen and oxygen atoms in total. The maximum Gasteiger partial charge on any atom is 0.181 e. The third-order valence-corrected chi connectivity index (χ3v) is 11.0. The smallest absolute Gasteiger partial charge is 0.181 e. The van der Waals surface area contributed by atoms with Gasteiger partial charge in [0.1, 0.15) is 5.92 Å². The van der Waals surface area contributed by atoms with Crippen molar-refractivity contribution in [3.8, 4) is 11.5 Å². The zero-order valence-corrected chi connectivity index (χ0v) is 31.5. The van der Waals surface area contributed by atoms with Gasteiger partial charge in [-0.25, -0.2) is 0 Å². The number of fused-ring (bicyclic) bond motifs is 2. The number of phenols is 2. The number of Topliss-reactive ketones (excluding diaryl/α,β-unsaturated/α-hetero) is 4. The van der Waals surface area contributed by atoms with E-state index in [4.69, 9.17) is 0 Å². The third-order valence-electron chi connectivity index (χ3n) is 11.0. The number of carbonyl (C=O) groups is 4. The van der Waals surface area contributed by atoms with Crippen LogP contribution in [0.15, 0.2) is 76.4 Å². The van der Waals surface area contributed by atoms with Gasteiger partial charge in [-0.2, -0.15) is 0 Å². The van der Waals surface area contributed by atoms with Crippen LogP contribution in [0.1, 0.15) is 131 Å². The van der Waals surface area contributed by atoms with Crippen molar-refractivity contribution in [2.24, 2.45) is 28.1 Å². The molecule has 2 fully saturated rings. The fourth-order valence-electron chi connectivity index (χ4n) is 7.98. The monoisotopic (exact) mass is 670 g/mol. The predicted molar refractivity (Wildman–Crippen MR) is 197 cm³/mol. The molecule has 6 heteroatoms. The molecule has 0 heterocycles. The predicted octanol–water partition coefficient (Wildman–Crippen LogP) is 10.2. The Morgan fingerprint density at radius 3 is 1.92 bits per heavy atom. The topological polar surface area (TPSA) is 109 Å². The molecule has 2 aliphatic rings.